The van der Waals surface area contributed by atoms with Gasteiger partial charge in [0.05, 0.1) is 18.0 Å². The van der Waals surface area contributed by atoms with Crippen molar-refractivity contribution in [3.63, 3.8) is 0 Å². The van der Waals surface area contributed by atoms with Gasteiger partial charge in [0.25, 0.3) is 10.2 Å². The Morgan fingerprint density at radius 2 is 1.85 bits per heavy atom. The molecule has 4 rings (SSSR count). The molecule has 9 nitrogen and oxygen atoms in total. The zero-order valence-corrected chi connectivity index (χ0v) is 21.0. The van der Waals surface area contributed by atoms with Crippen LogP contribution in [-0.4, -0.2) is 78.0 Å². The van der Waals surface area contributed by atoms with Crippen LogP contribution >= 0.6 is 0 Å². The SMILES string of the molecule is CC(C)(C)OC(=O)N(C1CCN(C2(CC#N)CN(S(N)(=O)=O)C2)CC1)C1C[C@H]1c1ccccc1. The lowest BCUT2D eigenvalue weighted by Crippen LogP contribution is -2.73. The Labute approximate surface area is 202 Å². The highest BCUT2D eigenvalue weighted by Crippen LogP contribution is 2.47. The van der Waals surface area contributed by atoms with Gasteiger partial charge in [0.1, 0.15) is 5.60 Å². The van der Waals surface area contributed by atoms with Crippen LogP contribution in [0.25, 0.3) is 0 Å². The number of likely N-dealkylation sites (tertiary alicyclic amines) is 1. The Balaban J connectivity index is 1.46. The number of carbonyl (C=O) groups is 1. The van der Waals surface area contributed by atoms with Crippen LogP contribution in [0.3, 0.4) is 0 Å². The number of rotatable bonds is 6. The van der Waals surface area contributed by atoms with Gasteiger partial charge in [0.15, 0.2) is 0 Å². The number of nitrogens with zero attached hydrogens (tertiary/aromatic N) is 4. The summed E-state index contributed by atoms with van der Waals surface area (Å²) in [6.07, 6.45) is 2.40. The summed E-state index contributed by atoms with van der Waals surface area (Å²) < 4.78 is 30.4. The van der Waals surface area contributed by atoms with Gasteiger partial charge in [-0.1, -0.05) is 30.3 Å². The lowest BCUT2D eigenvalue weighted by Gasteiger charge is -2.55. The van der Waals surface area contributed by atoms with Crippen LogP contribution in [-0.2, 0) is 14.9 Å². The molecule has 3 fully saturated rings. The summed E-state index contributed by atoms with van der Waals surface area (Å²) in [4.78, 5) is 17.4. The van der Waals surface area contributed by atoms with Gasteiger partial charge >= 0.3 is 6.09 Å². The van der Waals surface area contributed by atoms with Crippen molar-refractivity contribution in [2.75, 3.05) is 26.2 Å². The molecule has 0 aromatic heterocycles. The first-order chi connectivity index (χ1) is 15.9. The number of hydrogen-bond donors (Lipinski definition) is 1. The topological polar surface area (TPSA) is 120 Å². The van der Waals surface area contributed by atoms with Crippen LogP contribution in [0.15, 0.2) is 30.3 Å². The van der Waals surface area contributed by atoms with Crippen molar-refractivity contribution in [2.24, 2.45) is 5.14 Å². The molecule has 0 radical (unpaired) electrons. The molecule has 10 heteroatoms. The van der Waals surface area contributed by atoms with E-state index in [4.69, 9.17) is 9.88 Å². The molecule has 1 aromatic rings. The third-order valence-electron chi connectivity index (χ3n) is 7.18. The van der Waals surface area contributed by atoms with Gasteiger partial charge in [-0.2, -0.15) is 18.0 Å². The summed E-state index contributed by atoms with van der Waals surface area (Å²) in [5.74, 6) is 0.312. The van der Waals surface area contributed by atoms with Crippen molar-refractivity contribution >= 4 is 16.3 Å². The first-order valence-electron chi connectivity index (χ1n) is 11.9. The fraction of sp³-hybridized carbons (Fsp3) is 0.667. The van der Waals surface area contributed by atoms with Crippen molar-refractivity contribution < 1.29 is 17.9 Å². The van der Waals surface area contributed by atoms with Crippen LogP contribution in [0, 0.1) is 11.3 Å². The Hall–Kier alpha value is -2.19. The third-order valence-corrected chi connectivity index (χ3v) is 8.16. The number of amides is 1. The summed E-state index contributed by atoms with van der Waals surface area (Å²) >= 11 is 0. The summed E-state index contributed by atoms with van der Waals surface area (Å²) in [6, 6.07) is 12.6. The minimum atomic E-state index is -3.75. The predicted molar refractivity (Wildman–Crippen MR) is 128 cm³/mol. The number of carbonyl (C=O) groups excluding carboxylic acids is 1. The van der Waals surface area contributed by atoms with E-state index in [9.17, 15) is 18.5 Å². The maximum Gasteiger partial charge on any atom is 0.410 e. The lowest BCUT2D eigenvalue weighted by atomic mass is 9.84. The summed E-state index contributed by atoms with van der Waals surface area (Å²) in [5, 5.41) is 14.7. The van der Waals surface area contributed by atoms with Gasteiger partial charge in [0, 0.05) is 44.2 Å². The van der Waals surface area contributed by atoms with Gasteiger partial charge in [-0.25, -0.2) is 9.93 Å². The number of nitrogens with two attached hydrogens (primary N) is 1. The normalized spacial score (nSPS) is 25.7. The van der Waals surface area contributed by atoms with Crippen molar-refractivity contribution in [1.82, 2.24) is 14.1 Å². The smallest absolute Gasteiger partial charge is 0.410 e. The highest BCUT2D eigenvalue weighted by atomic mass is 32.2. The third kappa shape index (κ3) is 5.23. The van der Waals surface area contributed by atoms with Gasteiger partial charge < -0.3 is 9.64 Å². The van der Waals surface area contributed by atoms with Crippen LogP contribution in [0.4, 0.5) is 4.79 Å². The number of hydrogen-bond acceptors (Lipinski definition) is 6. The number of benzene rings is 1. The second kappa shape index (κ2) is 9.11. The van der Waals surface area contributed by atoms with E-state index in [1.54, 1.807) is 0 Å². The maximum absolute atomic E-state index is 13.3. The van der Waals surface area contributed by atoms with Crippen LogP contribution in [0.1, 0.15) is 57.9 Å². The molecule has 34 heavy (non-hydrogen) atoms. The van der Waals surface area contributed by atoms with Gasteiger partial charge in [-0.15, -0.1) is 0 Å². The first kappa shape index (κ1) is 24.9. The Morgan fingerprint density at radius 1 is 1.24 bits per heavy atom. The molecule has 0 spiro atoms. The van der Waals surface area contributed by atoms with Crippen molar-refractivity contribution in [2.45, 2.75) is 75.6 Å². The van der Waals surface area contributed by atoms with E-state index < -0.39 is 21.3 Å². The molecular weight excluding hydrogens is 454 g/mol. The second-order valence-electron chi connectivity index (χ2n) is 10.8. The van der Waals surface area contributed by atoms with Gasteiger partial charge in [0.2, 0.25) is 0 Å². The van der Waals surface area contributed by atoms with E-state index >= 15 is 0 Å². The predicted octanol–water partition coefficient (Wildman–Crippen LogP) is 2.42. The highest BCUT2D eigenvalue weighted by molar-refractivity contribution is 7.86. The molecule has 1 aromatic carbocycles. The summed E-state index contributed by atoms with van der Waals surface area (Å²) in [5.41, 5.74) is 0.159. The average molecular weight is 490 g/mol. The number of piperidine rings is 1. The molecular formula is C24H35N5O4S. The lowest BCUT2D eigenvalue weighted by molar-refractivity contribution is -0.0411. The van der Waals surface area contributed by atoms with Crippen molar-refractivity contribution in [3.8, 4) is 6.07 Å². The van der Waals surface area contributed by atoms with E-state index in [2.05, 4.69) is 23.1 Å². The standard InChI is InChI=1S/C24H35N5O4S/c1-23(2,3)33-22(30)29(21-15-20(21)18-7-5-4-6-8-18)19-9-13-27(14-10-19)24(11-12-25)16-28(17-24)34(26,31)32/h4-8,19-21H,9-11,13-17H2,1-3H3,(H2,26,31,32)/t20-,21?/m0/s1. The zero-order chi connectivity index (χ0) is 24.7. The molecule has 2 atom stereocenters. The molecule has 186 valence electrons. The maximum atomic E-state index is 13.3. The molecule has 1 saturated carbocycles. The first-order valence-corrected chi connectivity index (χ1v) is 13.4. The minimum absolute atomic E-state index is 0.0402. The van der Waals surface area contributed by atoms with Crippen molar-refractivity contribution in [1.29, 1.82) is 5.26 Å². The molecule has 2 saturated heterocycles. The monoisotopic (exact) mass is 489 g/mol. The minimum Gasteiger partial charge on any atom is -0.444 e. The summed E-state index contributed by atoms with van der Waals surface area (Å²) in [7, 11) is -3.75. The van der Waals surface area contributed by atoms with E-state index in [1.165, 1.54) is 9.87 Å². The van der Waals surface area contributed by atoms with Crippen molar-refractivity contribution in [3.05, 3.63) is 35.9 Å². The molecule has 3 aliphatic rings. The van der Waals surface area contributed by atoms with E-state index in [0.717, 1.165) is 19.3 Å². The fourth-order valence-corrected chi connectivity index (χ4v) is 6.24. The average Bonchev–Trinajstić information content (AvgIpc) is 3.50. The fourth-order valence-electron chi connectivity index (χ4n) is 5.40. The van der Waals surface area contributed by atoms with E-state index in [1.807, 2.05) is 43.9 Å². The van der Waals surface area contributed by atoms with Crippen LogP contribution < -0.4 is 5.14 Å². The second-order valence-corrected chi connectivity index (χ2v) is 12.3. The van der Waals surface area contributed by atoms with Gasteiger partial charge in [-0.05, 0) is 45.6 Å². The Morgan fingerprint density at radius 3 is 2.38 bits per heavy atom. The molecule has 1 unspecified atom stereocenters. The molecule has 1 amide bonds. The van der Waals surface area contributed by atoms with Crippen LogP contribution in [0.5, 0.6) is 0 Å². The highest BCUT2D eigenvalue weighted by Gasteiger charge is 2.53. The summed E-state index contributed by atoms with van der Waals surface area (Å²) in [6.45, 7) is 7.49. The zero-order valence-electron chi connectivity index (χ0n) is 20.2. The molecule has 2 aliphatic heterocycles. The Kier molecular flexibility index (Phi) is 6.68. The van der Waals surface area contributed by atoms with Gasteiger partial charge in [-0.3, -0.25) is 4.90 Å². The van der Waals surface area contributed by atoms with E-state index in [-0.39, 0.29) is 37.7 Å². The quantitative estimate of drug-likeness (QED) is 0.655. The molecule has 1 aliphatic carbocycles. The number of nitriles is 1. The Bertz CT molecular complexity index is 1040. The molecule has 2 N–H and O–H groups in total. The van der Waals surface area contributed by atoms with Crippen LogP contribution in [0.2, 0.25) is 0 Å². The van der Waals surface area contributed by atoms with E-state index in [0.29, 0.717) is 19.0 Å². The molecule has 2 heterocycles. The number of ether oxygens (including phenoxy) is 1. The molecule has 0 bridgehead atoms. The largest absolute Gasteiger partial charge is 0.444 e.